The van der Waals surface area contributed by atoms with E-state index < -0.39 is 6.16 Å². The zero-order valence-corrected chi connectivity index (χ0v) is 19.2. The lowest BCUT2D eigenvalue weighted by molar-refractivity contribution is -0.121. The number of hydrogen-bond donors (Lipinski definition) is 2. The van der Waals surface area contributed by atoms with Crippen LogP contribution in [-0.2, 0) is 9.53 Å². The molecule has 0 aliphatic carbocycles. The van der Waals surface area contributed by atoms with E-state index in [9.17, 15) is 9.59 Å². The number of hydrogen-bond acceptors (Lipinski definition) is 3. The largest absolute Gasteiger partial charge is 0.506 e. The fraction of sp³-hybridized carbons (Fsp3) is 0.917. The first-order valence-corrected chi connectivity index (χ1v) is 12.3. The van der Waals surface area contributed by atoms with E-state index in [4.69, 9.17) is 9.84 Å². The molecule has 0 aromatic rings. The van der Waals surface area contributed by atoms with Gasteiger partial charge in [0.1, 0.15) is 6.10 Å². The predicted molar refractivity (Wildman–Crippen MR) is 120 cm³/mol. The van der Waals surface area contributed by atoms with Gasteiger partial charge in [-0.3, -0.25) is 4.79 Å². The van der Waals surface area contributed by atoms with Crippen LogP contribution in [0.2, 0.25) is 0 Å². The Kier molecular flexibility index (Phi) is 20.5. The van der Waals surface area contributed by atoms with Crippen LogP contribution >= 0.6 is 0 Å². The standard InChI is InChI=1S/C24H47NO4/c1-3-5-7-9-10-11-12-13-15-17-21-25-23(26)20-19-22(29-24(27)28)18-16-14-8-6-4-2/h22H,3-21H2,1-2H3,(H,25,26)(H,27,28). The van der Waals surface area contributed by atoms with E-state index in [1.807, 2.05) is 0 Å². The molecule has 0 aromatic heterocycles. The number of ether oxygens (including phenoxy) is 1. The first-order valence-electron chi connectivity index (χ1n) is 12.3. The Balaban J connectivity index is 3.65. The van der Waals surface area contributed by atoms with Crippen LogP contribution < -0.4 is 5.32 Å². The van der Waals surface area contributed by atoms with Crippen molar-refractivity contribution in [3.63, 3.8) is 0 Å². The van der Waals surface area contributed by atoms with E-state index in [2.05, 4.69) is 19.2 Å². The van der Waals surface area contributed by atoms with Crippen LogP contribution in [0, 0.1) is 0 Å². The normalized spacial score (nSPS) is 11.9. The Morgan fingerprint density at radius 2 is 1.21 bits per heavy atom. The van der Waals surface area contributed by atoms with Gasteiger partial charge in [-0.1, -0.05) is 97.3 Å². The van der Waals surface area contributed by atoms with Crippen LogP contribution in [0.3, 0.4) is 0 Å². The van der Waals surface area contributed by atoms with E-state index in [1.54, 1.807) is 0 Å². The van der Waals surface area contributed by atoms with E-state index in [0.29, 0.717) is 19.3 Å². The van der Waals surface area contributed by atoms with Crippen LogP contribution in [0.5, 0.6) is 0 Å². The van der Waals surface area contributed by atoms with Crippen molar-refractivity contribution in [1.82, 2.24) is 5.32 Å². The van der Waals surface area contributed by atoms with Gasteiger partial charge in [0.25, 0.3) is 0 Å². The van der Waals surface area contributed by atoms with Gasteiger partial charge < -0.3 is 15.2 Å². The molecule has 5 heteroatoms. The van der Waals surface area contributed by atoms with E-state index >= 15 is 0 Å². The Labute approximate surface area is 179 Å². The molecule has 0 bridgehead atoms. The Bertz CT molecular complexity index is 387. The molecule has 0 spiro atoms. The van der Waals surface area contributed by atoms with Crippen molar-refractivity contribution >= 4 is 12.1 Å². The van der Waals surface area contributed by atoms with E-state index in [-0.39, 0.29) is 12.0 Å². The van der Waals surface area contributed by atoms with E-state index in [1.165, 1.54) is 70.6 Å². The maximum atomic E-state index is 12.0. The number of carbonyl (C=O) groups excluding carboxylic acids is 1. The fourth-order valence-electron chi connectivity index (χ4n) is 3.60. The summed E-state index contributed by atoms with van der Waals surface area (Å²) in [7, 11) is 0. The van der Waals surface area contributed by atoms with Crippen LogP contribution in [0.4, 0.5) is 4.79 Å². The molecule has 0 heterocycles. The molecule has 0 fully saturated rings. The summed E-state index contributed by atoms with van der Waals surface area (Å²) in [5, 5.41) is 11.8. The molecule has 0 aliphatic rings. The zero-order chi connectivity index (χ0) is 21.6. The summed E-state index contributed by atoms with van der Waals surface area (Å²) in [6.07, 6.45) is 18.4. The molecule has 2 N–H and O–H groups in total. The number of carbonyl (C=O) groups is 2. The number of amides is 1. The quantitative estimate of drug-likeness (QED) is 0.154. The zero-order valence-electron chi connectivity index (χ0n) is 19.2. The van der Waals surface area contributed by atoms with Gasteiger partial charge in [-0.2, -0.15) is 0 Å². The minimum Gasteiger partial charge on any atom is -0.450 e. The highest BCUT2D eigenvalue weighted by Crippen LogP contribution is 2.14. The van der Waals surface area contributed by atoms with Crippen LogP contribution in [0.25, 0.3) is 0 Å². The Hall–Kier alpha value is -1.26. The fourth-order valence-corrected chi connectivity index (χ4v) is 3.60. The SMILES string of the molecule is CCCCCCCCCCCCNC(=O)CCC(CCCCCCC)OC(=O)O. The minimum absolute atomic E-state index is 0.00546. The predicted octanol–water partition coefficient (Wildman–Crippen LogP) is 7.23. The molecule has 5 nitrogen and oxygen atoms in total. The highest BCUT2D eigenvalue weighted by atomic mass is 16.7. The summed E-state index contributed by atoms with van der Waals surface area (Å²) in [6, 6.07) is 0. The van der Waals surface area contributed by atoms with E-state index in [0.717, 1.165) is 32.2 Å². The number of rotatable bonds is 21. The van der Waals surface area contributed by atoms with Crippen molar-refractivity contribution in [3.8, 4) is 0 Å². The van der Waals surface area contributed by atoms with Gasteiger partial charge in [0.2, 0.25) is 5.91 Å². The van der Waals surface area contributed by atoms with Gasteiger partial charge >= 0.3 is 6.16 Å². The molecule has 0 radical (unpaired) electrons. The van der Waals surface area contributed by atoms with Gasteiger partial charge in [0, 0.05) is 13.0 Å². The van der Waals surface area contributed by atoms with Crippen LogP contribution in [0.1, 0.15) is 129 Å². The monoisotopic (exact) mass is 413 g/mol. The summed E-state index contributed by atoms with van der Waals surface area (Å²) >= 11 is 0. The second-order valence-corrected chi connectivity index (χ2v) is 8.28. The topological polar surface area (TPSA) is 75.6 Å². The smallest absolute Gasteiger partial charge is 0.450 e. The van der Waals surface area contributed by atoms with Crippen molar-refractivity contribution in [2.75, 3.05) is 6.54 Å². The molecule has 1 amide bonds. The Morgan fingerprint density at radius 1 is 0.724 bits per heavy atom. The second kappa shape index (κ2) is 21.4. The average molecular weight is 414 g/mol. The third kappa shape index (κ3) is 21.3. The summed E-state index contributed by atoms with van der Waals surface area (Å²) in [5.41, 5.74) is 0. The van der Waals surface area contributed by atoms with Crippen molar-refractivity contribution in [3.05, 3.63) is 0 Å². The van der Waals surface area contributed by atoms with Crippen molar-refractivity contribution in [1.29, 1.82) is 0 Å². The molecular formula is C24H47NO4. The van der Waals surface area contributed by atoms with Crippen LogP contribution in [-0.4, -0.2) is 29.8 Å². The first-order chi connectivity index (χ1) is 14.1. The highest BCUT2D eigenvalue weighted by molar-refractivity contribution is 5.75. The maximum absolute atomic E-state index is 12.0. The third-order valence-corrected chi connectivity index (χ3v) is 5.44. The summed E-state index contributed by atoms with van der Waals surface area (Å²) < 4.78 is 4.96. The summed E-state index contributed by atoms with van der Waals surface area (Å²) in [5.74, 6) is 0.00546. The van der Waals surface area contributed by atoms with Crippen molar-refractivity contribution in [2.45, 2.75) is 136 Å². The lowest BCUT2D eigenvalue weighted by Gasteiger charge is -2.15. The third-order valence-electron chi connectivity index (χ3n) is 5.44. The maximum Gasteiger partial charge on any atom is 0.506 e. The van der Waals surface area contributed by atoms with Gasteiger partial charge in [-0.15, -0.1) is 0 Å². The van der Waals surface area contributed by atoms with Crippen LogP contribution in [0.15, 0.2) is 0 Å². The Morgan fingerprint density at radius 3 is 1.72 bits per heavy atom. The van der Waals surface area contributed by atoms with Gasteiger partial charge in [-0.05, 0) is 25.7 Å². The minimum atomic E-state index is -1.24. The summed E-state index contributed by atoms with van der Waals surface area (Å²) in [6.45, 7) is 5.14. The number of unbranched alkanes of at least 4 members (excludes halogenated alkanes) is 13. The molecule has 1 unspecified atom stereocenters. The molecule has 1 atom stereocenters. The molecule has 0 rings (SSSR count). The highest BCUT2D eigenvalue weighted by Gasteiger charge is 2.15. The molecule has 29 heavy (non-hydrogen) atoms. The summed E-state index contributed by atoms with van der Waals surface area (Å²) in [4.78, 5) is 22.8. The molecule has 0 saturated heterocycles. The van der Waals surface area contributed by atoms with Crippen molar-refractivity contribution < 1.29 is 19.4 Å². The number of carboxylic acid groups (broad SMARTS) is 1. The second-order valence-electron chi connectivity index (χ2n) is 8.28. The van der Waals surface area contributed by atoms with Gasteiger partial charge in [0.05, 0.1) is 0 Å². The molecule has 0 aromatic carbocycles. The molecule has 0 aliphatic heterocycles. The lowest BCUT2D eigenvalue weighted by Crippen LogP contribution is -2.26. The average Bonchev–Trinajstić information content (AvgIpc) is 2.69. The molecule has 0 saturated carbocycles. The lowest BCUT2D eigenvalue weighted by atomic mass is 10.0. The van der Waals surface area contributed by atoms with Gasteiger partial charge in [0.15, 0.2) is 0 Å². The molecular weight excluding hydrogens is 366 g/mol. The number of nitrogens with one attached hydrogen (secondary N) is 1. The first kappa shape index (κ1) is 27.7. The van der Waals surface area contributed by atoms with Crippen molar-refractivity contribution in [2.24, 2.45) is 0 Å². The molecule has 172 valence electrons. The van der Waals surface area contributed by atoms with Gasteiger partial charge in [-0.25, -0.2) is 4.79 Å².